The van der Waals surface area contributed by atoms with Crippen LogP contribution in [0, 0.1) is 18.3 Å². The summed E-state index contributed by atoms with van der Waals surface area (Å²) in [5.74, 6) is 0.777. The third-order valence-electron chi connectivity index (χ3n) is 5.25. The van der Waals surface area contributed by atoms with Crippen LogP contribution in [0.3, 0.4) is 0 Å². The smallest absolute Gasteiger partial charge is 0.449 e. The summed E-state index contributed by atoms with van der Waals surface area (Å²) in [7, 11) is 0. The van der Waals surface area contributed by atoms with Crippen molar-refractivity contribution in [3.63, 3.8) is 0 Å². The lowest BCUT2D eigenvalue weighted by Gasteiger charge is -2.30. The first-order chi connectivity index (χ1) is 14.1. The van der Waals surface area contributed by atoms with Gasteiger partial charge < -0.3 is 14.7 Å². The van der Waals surface area contributed by atoms with Crippen LogP contribution in [0.4, 0.5) is 10.6 Å². The number of ether oxygens (including phenoxy) is 1. The second kappa shape index (κ2) is 7.80. The van der Waals surface area contributed by atoms with Crippen molar-refractivity contribution >= 4 is 22.9 Å². The number of aromatic nitrogens is 1. The molecule has 0 unspecified atom stereocenters. The van der Waals surface area contributed by atoms with E-state index in [2.05, 4.69) is 11.0 Å². The topological polar surface area (TPSA) is 86.4 Å². The van der Waals surface area contributed by atoms with Crippen LogP contribution in [0.25, 0.3) is 22.0 Å². The second-order valence-electron chi connectivity index (χ2n) is 7.22. The lowest BCUT2D eigenvalue weighted by atomic mass is 9.96. The Balaban J connectivity index is 2.11. The molecule has 0 atom stereocenters. The number of rotatable bonds is 3. The molecule has 29 heavy (non-hydrogen) atoms. The number of nitriles is 1. The summed E-state index contributed by atoms with van der Waals surface area (Å²) in [6.07, 6.45) is 1.82. The number of anilines is 1. The standard InChI is InChI=1S/C23H21N3O3/c1-15-12-16(14-24)13-18-19(17-8-4-2-5-9-17)21(29-23(27)28)22(25-20(15)18)26-10-6-3-7-11-26/h2,4-5,8-9,12-13H,3,6-7,10-11H2,1H3,(H,27,28). The fraction of sp³-hybridized carbons (Fsp3) is 0.261. The summed E-state index contributed by atoms with van der Waals surface area (Å²) in [5.41, 5.74) is 3.60. The molecule has 1 N–H and O–H groups in total. The molecule has 2 heterocycles. The predicted octanol–water partition coefficient (Wildman–Crippen LogP) is 5.13. The van der Waals surface area contributed by atoms with Crippen molar-refractivity contribution < 1.29 is 14.6 Å². The molecule has 0 spiro atoms. The summed E-state index contributed by atoms with van der Waals surface area (Å²) in [4.78, 5) is 18.5. The zero-order valence-electron chi connectivity index (χ0n) is 16.2. The van der Waals surface area contributed by atoms with Gasteiger partial charge in [0.25, 0.3) is 0 Å². The predicted molar refractivity (Wildman–Crippen MR) is 111 cm³/mol. The van der Waals surface area contributed by atoms with E-state index < -0.39 is 6.16 Å². The number of fused-ring (bicyclic) bond motifs is 1. The number of benzene rings is 2. The molecule has 1 aromatic heterocycles. The van der Waals surface area contributed by atoms with E-state index >= 15 is 0 Å². The monoisotopic (exact) mass is 387 g/mol. The number of pyridine rings is 1. The highest BCUT2D eigenvalue weighted by atomic mass is 16.7. The third-order valence-corrected chi connectivity index (χ3v) is 5.25. The van der Waals surface area contributed by atoms with E-state index in [9.17, 15) is 15.2 Å². The van der Waals surface area contributed by atoms with E-state index in [1.54, 1.807) is 6.07 Å². The van der Waals surface area contributed by atoms with Gasteiger partial charge in [0.1, 0.15) is 0 Å². The molecular weight excluding hydrogens is 366 g/mol. The van der Waals surface area contributed by atoms with Gasteiger partial charge in [-0.15, -0.1) is 0 Å². The highest BCUT2D eigenvalue weighted by Crippen LogP contribution is 2.44. The normalized spacial score (nSPS) is 13.9. The maximum atomic E-state index is 11.6. The minimum Gasteiger partial charge on any atom is -0.449 e. The second-order valence-corrected chi connectivity index (χ2v) is 7.22. The van der Waals surface area contributed by atoms with E-state index in [1.807, 2.05) is 43.3 Å². The molecule has 2 aromatic carbocycles. The first-order valence-corrected chi connectivity index (χ1v) is 9.68. The van der Waals surface area contributed by atoms with Gasteiger partial charge >= 0.3 is 6.16 Å². The summed E-state index contributed by atoms with van der Waals surface area (Å²) in [6.45, 7) is 3.53. The van der Waals surface area contributed by atoms with Gasteiger partial charge in [0.05, 0.1) is 17.1 Å². The quantitative estimate of drug-likeness (QED) is 0.627. The lowest BCUT2D eigenvalue weighted by molar-refractivity contribution is 0.144. The largest absolute Gasteiger partial charge is 0.511 e. The molecule has 0 amide bonds. The molecule has 1 aliphatic rings. The Morgan fingerprint density at radius 1 is 1.17 bits per heavy atom. The van der Waals surface area contributed by atoms with Crippen molar-refractivity contribution in [1.82, 2.24) is 4.98 Å². The van der Waals surface area contributed by atoms with Crippen molar-refractivity contribution in [3.05, 3.63) is 53.6 Å². The van der Waals surface area contributed by atoms with Crippen LogP contribution in [0.5, 0.6) is 5.75 Å². The first-order valence-electron chi connectivity index (χ1n) is 9.68. The summed E-state index contributed by atoms with van der Waals surface area (Å²) in [6, 6.07) is 15.3. The van der Waals surface area contributed by atoms with Crippen molar-refractivity contribution in [1.29, 1.82) is 5.26 Å². The molecule has 4 rings (SSSR count). The highest BCUT2D eigenvalue weighted by molar-refractivity contribution is 6.03. The van der Waals surface area contributed by atoms with Gasteiger partial charge in [-0.05, 0) is 49.4 Å². The van der Waals surface area contributed by atoms with E-state index in [0.717, 1.165) is 49.0 Å². The lowest BCUT2D eigenvalue weighted by Crippen LogP contribution is -2.31. The molecule has 1 saturated heterocycles. The van der Waals surface area contributed by atoms with Crippen molar-refractivity contribution in [2.45, 2.75) is 26.2 Å². The summed E-state index contributed by atoms with van der Waals surface area (Å²) in [5, 5.41) is 19.6. The molecule has 0 aliphatic carbocycles. The minimum absolute atomic E-state index is 0.229. The van der Waals surface area contributed by atoms with Gasteiger partial charge in [-0.1, -0.05) is 30.3 Å². The first kappa shape index (κ1) is 18.8. The van der Waals surface area contributed by atoms with Crippen LogP contribution >= 0.6 is 0 Å². The molecule has 3 aromatic rings. The van der Waals surface area contributed by atoms with E-state index in [1.165, 1.54) is 0 Å². The zero-order valence-corrected chi connectivity index (χ0v) is 16.2. The minimum atomic E-state index is -1.38. The van der Waals surface area contributed by atoms with Crippen LogP contribution in [-0.4, -0.2) is 29.3 Å². The fourth-order valence-electron chi connectivity index (χ4n) is 3.97. The van der Waals surface area contributed by atoms with Crippen LogP contribution in [-0.2, 0) is 0 Å². The molecule has 1 fully saturated rings. The van der Waals surface area contributed by atoms with Crippen LogP contribution in [0.2, 0.25) is 0 Å². The van der Waals surface area contributed by atoms with Crippen LogP contribution < -0.4 is 9.64 Å². The number of carboxylic acid groups (broad SMARTS) is 1. The molecule has 6 nitrogen and oxygen atoms in total. The Kier molecular flexibility index (Phi) is 5.05. The van der Waals surface area contributed by atoms with Gasteiger partial charge in [-0.25, -0.2) is 9.78 Å². The number of carbonyl (C=O) groups is 1. The summed E-state index contributed by atoms with van der Waals surface area (Å²) >= 11 is 0. The molecule has 1 aliphatic heterocycles. The van der Waals surface area contributed by atoms with E-state index in [0.29, 0.717) is 22.3 Å². The number of hydrogen-bond donors (Lipinski definition) is 1. The fourth-order valence-corrected chi connectivity index (χ4v) is 3.97. The van der Waals surface area contributed by atoms with Gasteiger partial charge in [0.2, 0.25) is 0 Å². The van der Waals surface area contributed by atoms with Crippen molar-refractivity contribution in [2.24, 2.45) is 0 Å². The molecular formula is C23H21N3O3. The summed E-state index contributed by atoms with van der Waals surface area (Å²) < 4.78 is 5.34. The SMILES string of the molecule is Cc1cc(C#N)cc2c(-c3ccccc3)c(OC(=O)O)c(N3CCCCC3)nc12. The maximum absolute atomic E-state index is 11.6. The van der Waals surface area contributed by atoms with Crippen LogP contribution in [0.15, 0.2) is 42.5 Å². The Hall–Kier alpha value is -3.59. The zero-order chi connectivity index (χ0) is 20.4. The number of nitrogens with zero attached hydrogens (tertiary/aromatic N) is 3. The molecule has 0 saturated carbocycles. The maximum Gasteiger partial charge on any atom is 0.511 e. The van der Waals surface area contributed by atoms with Crippen molar-refractivity contribution in [2.75, 3.05) is 18.0 Å². The Bertz CT molecular complexity index is 1110. The van der Waals surface area contributed by atoms with Crippen LogP contribution in [0.1, 0.15) is 30.4 Å². The Labute approximate surface area is 169 Å². The van der Waals surface area contributed by atoms with E-state index in [-0.39, 0.29) is 5.75 Å². The third kappa shape index (κ3) is 3.59. The van der Waals surface area contributed by atoms with E-state index in [4.69, 9.17) is 9.72 Å². The Morgan fingerprint density at radius 3 is 2.55 bits per heavy atom. The molecule has 6 heteroatoms. The van der Waals surface area contributed by atoms with Gasteiger partial charge in [-0.3, -0.25) is 0 Å². The number of hydrogen-bond acceptors (Lipinski definition) is 5. The highest BCUT2D eigenvalue weighted by Gasteiger charge is 2.26. The number of aryl methyl sites for hydroxylation is 1. The van der Waals surface area contributed by atoms with Gasteiger partial charge in [0.15, 0.2) is 11.6 Å². The van der Waals surface area contributed by atoms with Gasteiger partial charge in [-0.2, -0.15) is 5.26 Å². The number of piperidine rings is 1. The molecule has 0 radical (unpaired) electrons. The van der Waals surface area contributed by atoms with Gasteiger partial charge in [0, 0.05) is 24.0 Å². The average Bonchev–Trinajstić information content (AvgIpc) is 2.74. The Morgan fingerprint density at radius 2 is 1.90 bits per heavy atom. The van der Waals surface area contributed by atoms with Crippen molar-refractivity contribution in [3.8, 4) is 22.9 Å². The molecule has 146 valence electrons. The average molecular weight is 387 g/mol. The molecule has 0 bridgehead atoms.